The maximum atomic E-state index is 13.3. The number of carbonyl (C=O) groups is 4. The Balaban J connectivity index is 1.54. The van der Waals surface area contributed by atoms with Gasteiger partial charge in [0.25, 0.3) is 10.2 Å². The topological polar surface area (TPSA) is 168 Å². The lowest BCUT2D eigenvalue weighted by molar-refractivity contribution is -0.145. The van der Waals surface area contributed by atoms with Gasteiger partial charge >= 0.3 is 12.0 Å². The second-order valence-corrected chi connectivity index (χ2v) is 15.3. The molecule has 0 aromatic rings. The molecular weight excluding hydrogens is 600 g/mol. The molecule has 0 bridgehead atoms. The third-order valence-corrected chi connectivity index (χ3v) is 11.3. The zero-order valence-corrected chi connectivity index (χ0v) is 28.2. The van der Waals surface area contributed by atoms with E-state index >= 15 is 0 Å². The monoisotopic (exact) mass is 654 g/mol. The van der Waals surface area contributed by atoms with Crippen LogP contribution in [-0.2, 0) is 24.6 Å². The molecule has 4 atom stereocenters. The second kappa shape index (κ2) is 16.7. The van der Waals surface area contributed by atoms with E-state index in [4.69, 9.17) is 0 Å². The van der Waals surface area contributed by atoms with Crippen LogP contribution in [0, 0.1) is 11.8 Å². The highest BCUT2D eigenvalue weighted by molar-refractivity contribution is 7.86. The van der Waals surface area contributed by atoms with Crippen LogP contribution in [0.3, 0.4) is 0 Å². The number of likely N-dealkylation sites (tertiary alicyclic amines) is 1. The lowest BCUT2D eigenvalue weighted by Gasteiger charge is -2.34. The molecule has 0 aromatic carbocycles. The Labute approximate surface area is 268 Å². The minimum Gasteiger partial charge on any atom is -0.479 e. The first-order valence-corrected chi connectivity index (χ1v) is 17.9. The normalized spacial score (nSPS) is 24.6. The number of carbonyl (C=O) groups excluding carboxylic acids is 3. The fraction of sp³-hybridized carbons (Fsp3) is 0.806. The van der Waals surface area contributed by atoms with Gasteiger partial charge < -0.3 is 26.0 Å². The molecular formula is C31H54N6O7S. The molecule has 2 aliphatic carbocycles. The lowest BCUT2D eigenvalue weighted by Crippen LogP contribution is -2.55. The molecule has 3 fully saturated rings. The summed E-state index contributed by atoms with van der Waals surface area (Å²) in [5.74, 6) is -2.19. The molecule has 2 unspecified atom stereocenters. The maximum Gasteiger partial charge on any atom is 0.330 e. The fourth-order valence-electron chi connectivity index (χ4n) is 6.53. The van der Waals surface area contributed by atoms with E-state index in [-0.39, 0.29) is 24.9 Å². The van der Waals surface area contributed by atoms with E-state index in [1.165, 1.54) is 36.8 Å². The van der Waals surface area contributed by atoms with Gasteiger partial charge in [-0.1, -0.05) is 57.6 Å². The predicted molar refractivity (Wildman–Crippen MR) is 171 cm³/mol. The fourth-order valence-corrected chi connectivity index (χ4v) is 7.44. The van der Waals surface area contributed by atoms with E-state index < -0.39 is 51.6 Å². The Hall–Kier alpha value is -2.71. The van der Waals surface area contributed by atoms with Crippen molar-refractivity contribution < 1.29 is 32.7 Å². The van der Waals surface area contributed by atoms with E-state index in [1.54, 1.807) is 0 Å². The first-order chi connectivity index (χ1) is 21.3. The largest absolute Gasteiger partial charge is 0.479 e. The Morgan fingerprint density at radius 3 is 2.38 bits per heavy atom. The van der Waals surface area contributed by atoms with Crippen LogP contribution < -0.4 is 16.0 Å². The molecule has 13 nitrogen and oxygen atoms in total. The molecule has 4 N–H and O–H groups in total. The number of allylic oxidation sites excluding steroid dienone is 1. The highest BCUT2D eigenvalue weighted by Gasteiger charge is 2.61. The van der Waals surface area contributed by atoms with Crippen molar-refractivity contribution in [3.8, 4) is 0 Å². The molecule has 0 spiro atoms. The van der Waals surface area contributed by atoms with E-state index in [0.717, 1.165) is 62.1 Å². The molecule has 3 rings (SSSR count). The van der Waals surface area contributed by atoms with Crippen molar-refractivity contribution in [1.29, 1.82) is 0 Å². The number of rotatable bonds is 17. The molecule has 2 saturated carbocycles. The molecule has 1 saturated heterocycles. The number of carboxylic acid groups (broad SMARTS) is 1. The highest BCUT2D eigenvalue weighted by atomic mass is 32.2. The number of hydrogen-bond donors (Lipinski definition) is 4. The number of aliphatic carboxylic acids is 1. The van der Waals surface area contributed by atoms with Gasteiger partial charge in [-0.3, -0.25) is 9.59 Å². The van der Waals surface area contributed by atoms with Gasteiger partial charge in [0.2, 0.25) is 11.8 Å². The quantitative estimate of drug-likeness (QED) is 0.138. The van der Waals surface area contributed by atoms with E-state index in [9.17, 15) is 32.7 Å². The van der Waals surface area contributed by atoms with Gasteiger partial charge in [0.05, 0.1) is 6.54 Å². The highest BCUT2D eigenvalue weighted by Crippen LogP contribution is 2.45. The van der Waals surface area contributed by atoms with Gasteiger partial charge in [0.1, 0.15) is 11.6 Å². The van der Waals surface area contributed by atoms with Gasteiger partial charge in [-0.2, -0.15) is 17.0 Å². The summed E-state index contributed by atoms with van der Waals surface area (Å²) in [4.78, 5) is 52.9. The van der Waals surface area contributed by atoms with Crippen LogP contribution in [0.5, 0.6) is 0 Å². The van der Waals surface area contributed by atoms with Crippen molar-refractivity contribution in [1.82, 2.24) is 29.5 Å². The molecule has 256 valence electrons. The van der Waals surface area contributed by atoms with Gasteiger partial charge in [-0.05, 0) is 50.9 Å². The number of likely N-dealkylation sites (N-methyl/N-ethyl adjacent to an activating group) is 1. The summed E-state index contributed by atoms with van der Waals surface area (Å²) < 4.78 is 27.6. The number of nitrogens with zero attached hydrogens (tertiary/aromatic N) is 3. The average molecular weight is 655 g/mol. The predicted octanol–water partition coefficient (Wildman–Crippen LogP) is 2.45. The van der Waals surface area contributed by atoms with Crippen LogP contribution in [-0.4, -0.2) is 109 Å². The summed E-state index contributed by atoms with van der Waals surface area (Å²) in [5.41, 5.74) is -1.35. The number of amides is 4. The van der Waals surface area contributed by atoms with Gasteiger partial charge in [0, 0.05) is 46.2 Å². The first kappa shape index (κ1) is 36.8. The van der Waals surface area contributed by atoms with Crippen molar-refractivity contribution in [2.75, 3.05) is 40.8 Å². The average Bonchev–Trinajstić information content (AvgIpc) is 3.47. The van der Waals surface area contributed by atoms with Crippen LogP contribution in [0.25, 0.3) is 0 Å². The molecule has 4 amide bonds. The Kier molecular flexibility index (Phi) is 13.7. The smallest absolute Gasteiger partial charge is 0.330 e. The van der Waals surface area contributed by atoms with E-state index in [0.29, 0.717) is 25.8 Å². The first-order valence-electron chi connectivity index (χ1n) is 16.5. The molecule has 3 aliphatic rings. The molecule has 0 aromatic heterocycles. The number of nitrogens with one attached hydrogen (secondary N) is 3. The molecule has 1 heterocycles. The van der Waals surface area contributed by atoms with Crippen LogP contribution in [0.1, 0.15) is 90.4 Å². The summed E-state index contributed by atoms with van der Waals surface area (Å²) in [6, 6.07) is -1.82. The van der Waals surface area contributed by atoms with Crippen molar-refractivity contribution in [3.05, 3.63) is 12.2 Å². The number of unbranched alkanes of at least 4 members (excludes halogenated alkanes) is 4. The Morgan fingerprint density at radius 2 is 1.73 bits per heavy atom. The minimum absolute atomic E-state index is 0.0985. The molecule has 0 radical (unpaired) electrons. The van der Waals surface area contributed by atoms with E-state index in [1.807, 2.05) is 12.2 Å². The maximum absolute atomic E-state index is 13.3. The van der Waals surface area contributed by atoms with Crippen LogP contribution in [0.2, 0.25) is 0 Å². The van der Waals surface area contributed by atoms with Crippen molar-refractivity contribution in [3.63, 3.8) is 0 Å². The molecule has 45 heavy (non-hydrogen) atoms. The number of urea groups is 1. The Bertz CT molecular complexity index is 1170. The molecule has 1 aliphatic heterocycles. The van der Waals surface area contributed by atoms with Gasteiger partial charge in [-0.25, -0.2) is 9.59 Å². The van der Waals surface area contributed by atoms with Crippen molar-refractivity contribution in [2.45, 2.75) is 108 Å². The van der Waals surface area contributed by atoms with Gasteiger partial charge in [0.15, 0.2) is 0 Å². The minimum atomic E-state index is -3.67. The van der Waals surface area contributed by atoms with Crippen molar-refractivity contribution >= 4 is 34.0 Å². The van der Waals surface area contributed by atoms with Crippen molar-refractivity contribution in [2.24, 2.45) is 11.8 Å². The zero-order valence-electron chi connectivity index (χ0n) is 27.4. The van der Waals surface area contributed by atoms with Gasteiger partial charge in [-0.15, -0.1) is 0 Å². The summed E-state index contributed by atoms with van der Waals surface area (Å²) in [6.07, 6.45) is 15.4. The Morgan fingerprint density at radius 1 is 1.02 bits per heavy atom. The van der Waals surface area contributed by atoms with Crippen LogP contribution in [0.4, 0.5) is 4.79 Å². The number of carboxylic acids is 1. The summed E-state index contributed by atoms with van der Waals surface area (Å²) >= 11 is 0. The zero-order chi connectivity index (χ0) is 33.2. The second-order valence-electron chi connectivity index (χ2n) is 13.0. The van der Waals surface area contributed by atoms with E-state index in [2.05, 4.69) is 22.9 Å². The lowest BCUT2D eigenvalue weighted by atomic mass is 9.84. The standard InChI is InChI=1S/C31H54N6O7S/c1-5-6-7-8-9-13-17-24-20-31(24,29(40)41)34-28(39)26-18-14-19-37(26)27(38)21-32-30(42)33-25(23-15-11-10-12-16-23)22-36(4)45(43,44)35(2)3/h13,17,23-26H,5-12,14-16,18-22H2,1-4H3,(H,34,39)(H,40,41)(H2,32,33,42)/b17-13-/t24?,25?,26-,31+/m0/s1. The van der Waals surface area contributed by atoms with Crippen LogP contribution in [0.15, 0.2) is 12.2 Å². The summed E-state index contributed by atoms with van der Waals surface area (Å²) in [5, 5.41) is 18.2. The molecule has 14 heteroatoms. The SMILES string of the molecule is CCCCCC/C=C\C1C[C@]1(NC(=O)[C@@H]1CCCN1C(=O)CNC(=O)NC(CN(C)S(=O)(=O)N(C)C)C1CCCCC1)C(=O)O. The van der Waals surface area contributed by atoms with Crippen LogP contribution >= 0.6 is 0 Å². The number of hydrogen-bond acceptors (Lipinski definition) is 6. The summed E-state index contributed by atoms with van der Waals surface area (Å²) in [6.45, 7) is 2.24. The third-order valence-electron chi connectivity index (χ3n) is 9.46. The third kappa shape index (κ3) is 9.89. The summed E-state index contributed by atoms with van der Waals surface area (Å²) in [7, 11) is 0.724.